The highest BCUT2D eigenvalue weighted by molar-refractivity contribution is 5.91. The van der Waals surface area contributed by atoms with Gasteiger partial charge in [0.05, 0.1) is 5.52 Å². The summed E-state index contributed by atoms with van der Waals surface area (Å²) in [5.74, 6) is 2.42. The zero-order valence-electron chi connectivity index (χ0n) is 15.0. The normalized spacial score (nSPS) is 17.6. The number of piperidine rings is 1. The summed E-state index contributed by atoms with van der Waals surface area (Å²) in [5, 5.41) is 10.6. The molecule has 5 nitrogen and oxygen atoms in total. The van der Waals surface area contributed by atoms with E-state index in [-0.39, 0.29) is 5.75 Å². The highest BCUT2D eigenvalue weighted by Gasteiger charge is 2.22. The predicted molar refractivity (Wildman–Crippen MR) is 105 cm³/mol. The number of nitrogens with two attached hydrogens (primary N) is 1. The van der Waals surface area contributed by atoms with Crippen molar-refractivity contribution in [1.82, 2.24) is 9.97 Å². The van der Waals surface area contributed by atoms with Crippen molar-refractivity contribution in [2.75, 3.05) is 24.5 Å². The molecule has 0 radical (unpaired) electrons. The molecule has 5 heteroatoms. The van der Waals surface area contributed by atoms with Crippen molar-refractivity contribution in [2.45, 2.75) is 19.8 Å². The molecule has 4 rings (SSSR count). The molecule has 0 saturated carbocycles. The fourth-order valence-electron chi connectivity index (χ4n) is 3.65. The number of rotatable bonds is 3. The smallest absolute Gasteiger partial charge is 0.162 e. The zero-order valence-corrected chi connectivity index (χ0v) is 15.0. The second-order valence-electron chi connectivity index (χ2n) is 7.13. The molecule has 0 spiro atoms. The number of aromatic hydroxyl groups is 1. The minimum absolute atomic E-state index is 0.243. The van der Waals surface area contributed by atoms with Crippen molar-refractivity contribution < 1.29 is 5.11 Å². The minimum atomic E-state index is 0.243. The van der Waals surface area contributed by atoms with Gasteiger partial charge in [0.25, 0.3) is 0 Å². The van der Waals surface area contributed by atoms with Gasteiger partial charge in [0, 0.05) is 24.0 Å². The molecular weight excluding hydrogens is 324 g/mol. The highest BCUT2D eigenvalue weighted by atomic mass is 16.3. The molecular formula is C21H24N4O. The Bertz CT molecular complexity index is 923. The Kier molecular flexibility index (Phi) is 4.47. The van der Waals surface area contributed by atoms with Crippen LogP contribution in [0.1, 0.15) is 18.4 Å². The van der Waals surface area contributed by atoms with E-state index in [1.54, 1.807) is 12.1 Å². The van der Waals surface area contributed by atoms with Crippen LogP contribution in [-0.4, -0.2) is 34.7 Å². The van der Waals surface area contributed by atoms with Gasteiger partial charge in [-0.2, -0.15) is 0 Å². The number of phenolic OH excluding ortho intramolecular Hbond substituents is 1. The first-order valence-electron chi connectivity index (χ1n) is 9.17. The third-order valence-electron chi connectivity index (χ3n) is 5.11. The van der Waals surface area contributed by atoms with Crippen LogP contribution in [0.15, 0.2) is 42.5 Å². The van der Waals surface area contributed by atoms with Gasteiger partial charge in [0.15, 0.2) is 5.82 Å². The van der Waals surface area contributed by atoms with Crippen LogP contribution >= 0.6 is 0 Å². The average Bonchev–Trinajstić information content (AvgIpc) is 2.67. The van der Waals surface area contributed by atoms with E-state index in [2.05, 4.69) is 30.0 Å². The lowest BCUT2D eigenvalue weighted by Gasteiger charge is -2.33. The Morgan fingerprint density at radius 1 is 1.15 bits per heavy atom. The Hall–Kier alpha value is -2.66. The number of aryl methyl sites for hydroxylation is 1. The number of phenols is 1. The van der Waals surface area contributed by atoms with Gasteiger partial charge < -0.3 is 15.7 Å². The molecule has 26 heavy (non-hydrogen) atoms. The van der Waals surface area contributed by atoms with E-state index in [0.29, 0.717) is 18.3 Å². The largest absolute Gasteiger partial charge is 0.508 e. The summed E-state index contributed by atoms with van der Waals surface area (Å²) in [7, 11) is 0. The van der Waals surface area contributed by atoms with E-state index in [0.717, 1.165) is 41.8 Å². The van der Waals surface area contributed by atoms with Gasteiger partial charge in [-0.25, -0.2) is 9.97 Å². The second-order valence-corrected chi connectivity index (χ2v) is 7.13. The maximum absolute atomic E-state index is 9.57. The molecule has 2 aromatic carbocycles. The Morgan fingerprint density at radius 3 is 2.73 bits per heavy atom. The van der Waals surface area contributed by atoms with Gasteiger partial charge in [-0.05, 0) is 74.2 Å². The third-order valence-corrected chi connectivity index (χ3v) is 5.11. The summed E-state index contributed by atoms with van der Waals surface area (Å²) in [6, 6.07) is 13.4. The lowest BCUT2D eigenvalue weighted by Crippen LogP contribution is -2.39. The molecule has 1 fully saturated rings. The van der Waals surface area contributed by atoms with Crippen molar-refractivity contribution in [3.8, 4) is 17.1 Å². The van der Waals surface area contributed by atoms with Crippen LogP contribution < -0.4 is 10.6 Å². The molecule has 1 aromatic heterocycles. The van der Waals surface area contributed by atoms with Crippen LogP contribution in [0.5, 0.6) is 5.75 Å². The van der Waals surface area contributed by atoms with Crippen molar-refractivity contribution in [1.29, 1.82) is 0 Å². The maximum atomic E-state index is 9.57. The molecule has 1 saturated heterocycles. The lowest BCUT2D eigenvalue weighted by molar-refractivity contribution is 0.422. The van der Waals surface area contributed by atoms with Crippen molar-refractivity contribution >= 4 is 16.7 Å². The highest BCUT2D eigenvalue weighted by Crippen LogP contribution is 2.31. The van der Waals surface area contributed by atoms with Crippen LogP contribution in [0.25, 0.3) is 22.3 Å². The summed E-state index contributed by atoms with van der Waals surface area (Å²) in [4.78, 5) is 12.1. The molecule has 0 aliphatic carbocycles. The monoisotopic (exact) mass is 348 g/mol. The van der Waals surface area contributed by atoms with Crippen molar-refractivity contribution in [2.24, 2.45) is 11.7 Å². The van der Waals surface area contributed by atoms with Gasteiger partial charge in [0.2, 0.25) is 0 Å². The molecule has 3 aromatic rings. The first kappa shape index (κ1) is 16.8. The number of anilines is 1. The zero-order chi connectivity index (χ0) is 18.1. The van der Waals surface area contributed by atoms with E-state index >= 15 is 0 Å². The number of benzene rings is 2. The number of hydrogen-bond acceptors (Lipinski definition) is 5. The fraction of sp³-hybridized carbons (Fsp3) is 0.333. The fourth-order valence-corrected chi connectivity index (χ4v) is 3.65. The van der Waals surface area contributed by atoms with E-state index in [1.807, 2.05) is 12.1 Å². The van der Waals surface area contributed by atoms with Gasteiger partial charge in [-0.3, -0.25) is 0 Å². The third kappa shape index (κ3) is 3.22. The molecule has 2 heterocycles. The maximum Gasteiger partial charge on any atom is 0.162 e. The molecule has 1 atom stereocenters. The summed E-state index contributed by atoms with van der Waals surface area (Å²) in [6.45, 7) is 4.72. The summed E-state index contributed by atoms with van der Waals surface area (Å²) < 4.78 is 0. The van der Waals surface area contributed by atoms with Gasteiger partial charge in [0.1, 0.15) is 11.6 Å². The second kappa shape index (κ2) is 6.92. The Labute approximate surface area is 153 Å². The van der Waals surface area contributed by atoms with Gasteiger partial charge in [-0.1, -0.05) is 6.07 Å². The van der Waals surface area contributed by atoms with Crippen LogP contribution in [0.3, 0.4) is 0 Å². The first-order chi connectivity index (χ1) is 12.6. The first-order valence-corrected chi connectivity index (χ1v) is 9.17. The number of nitrogens with zero attached hydrogens (tertiary/aromatic N) is 3. The molecule has 134 valence electrons. The van der Waals surface area contributed by atoms with Crippen LogP contribution in [0, 0.1) is 12.8 Å². The lowest BCUT2D eigenvalue weighted by atomic mass is 9.98. The van der Waals surface area contributed by atoms with Gasteiger partial charge in [-0.15, -0.1) is 0 Å². The number of fused-ring (bicyclic) bond motifs is 1. The van der Waals surface area contributed by atoms with Crippen LogP contribution in [0.2, 0.25) is 0 Å². The summed E-state index contributed by atoms with van der Waals surface area (Å²) in [6.07, 6.45) is 2.31. The van der Waals surface area contributed by atoms with Crippen molar-refractivity contribution in [3.05, 3.63) is 48.0 Å². The number of hydrogen-bond donors (Lipinski definition) is 2. The molecule has 1 aliphatic heterocycles. The molecule has 3 N–H and O–H groups in total. The van der Waals surface area contributed by atoms with E-state index in [4.69, 9.17) is 15.7 Å². The van der Waals surface area contributed by atoms with Gasteiger partial charge >= 0.3 is 0 Å². The number of aromatic nitrogens is 2. The summed E-state index contributed by atoms with van der Waals surface area (Å²) >= 11 is 0. The standard InChI is InChI=1S/C21H24N4O/c1-14-4-9-18-19(11-14)23-20(16-5-7-17(26)8-6-16)24-21(18)25-10-2-3-15(12-22)13-25/h4-9,11,15,26H,2-3,10,12-13,22H2,1H3/t15-/m1/s1. The SMILES string of the molecule is Cc1ccc2c(N3CCC[C@H](CN)C3)nc(-c3ccc(O)cc3)nc2c1. The predicted octanol–water partition coefficient (Wildman–Crippen LogP) is 3.49. The van der Waals surface area contributed by atoms with E-state index in [1.165, 1.54) is 12.0 Å². The van der Waals surface area contributed by atoms with Crippen molar-refractivity contribution in [3.63, 3.8) is 0 Å². The van der Waals surface area contributed by atoms with E-state index < -0.39 is 0 Å². The van der Waals surface area contributed by atoms with Crippen LogP contribution in [0.4, 0.5) is 5.82 Å². The molecule has 0 bridgehead atoms. The average molecular weight is 348 g/mol. The molecule has 0 amide bonds. The molecule has 0 unspecified atom stereocenters. The minimum Gasteiger partial charge on any atom is -0.508 e. The quantitative estimate of drug-likeness (QED) is 0.758. The van der Waals surface area contributed by atoms with Crippen LogP contribution in [-0.2, 0) is 0 Å². The Morgan fingerprint density at radius 2 is 1.96 bits per heavy atom. The Balaban J connectivity index is 1.85. The molecule has 1 aliphatic rings. The summed E-state index contributed by atoms with van der Waals surface area (Å²) in [5.41, 5.74) is 8.96. The van der Waals surface area contributed by atoms with E-state index in [9.17, 15) is 5.11 Å². The topological polar surface area (TPSA) is 75.3 Å².